The zero-order valence-electron chi connectivity index (χ0n) is 10.1. The molecule has 0 bridgehead atoms. The molecule has 1 aliphatic carbocycles. The summed E-state index contributed by atoms with van der Waals surface area (Å²) in [5.41, 5.74) is 0.899. The Bertz CT molecular complexity index is 362. The Morgan fingerprint density at radius 2 is 2.35 bits per heavy atom. The van der Waals surface area contributed by atoms with Gasteiger partial charge in [0.05, 0.1) is 11.7 Å². The van der Waals surface area contributed by atoms with Crippen LogP contribution in [0.5, 0.6) is 0 Å². The fourth-order valence-electron chi connectivity index (χ4n) is 1.70. The predicted octanol–water partition coefficient (Wildman–Crippen LogP) is 1.40. The van der Waals surface area contributed by atoms with Gasteiger partial charge in [-0.2, -0.15) is 0 Å². The first-order valence-corrected chi connectivity index (χ1v) is 6.19. The summed E-state index contributed by atoms with van der Waals surface area (Å²) in [6.07, 6.45) is 4.79. The van der Waals surface area contributed by atoms with Crippen molar-refractivity contribution in [3.8, 4) is 0 Å². The maximum absolute atomic E-state index is 11.6. The number of rotatable bonds is 6. The summed E-state index contributed by atoms with van der Waals surface area (Å²) in [5, 5.41) is 6.27. The van der Waals surface area contributed by atoms with Crippen molar-refractivity contribution in [1.82, 2.24) is 15.6 Å². The van der Waals surface area contributed by atoms with Crippen LogP contribution >= 0.6 is 0 Å². The molecule has 0 saturated heterocycles. The molecule has 0 radical (unpaired) electrons. The van der Waals surface area contributed by atoms with Gasteiger partial charge in [-0.25, -0.2) is 0 Å². The summed E-state index contributed by atoms with van der Waals surface area (Å²) >= 11 is 0. The lowest BCUT2D eigenvalue weighted by atomic mass is 10.2. The second kappa shape index (κ2) is 5.77. The van der Waals surface area contributed by atoms with Crippen LogP contribution in [0.3, 0.4) is 0 Å². The molecule has 4 nitrogen and oxygen atoms in total. The SMILES string of the molecule is C[C@@H](NC(=O)CCNC1CC1)c1ccccn1. The lowest BCUT2D eigenvalue weighted by Crippen LogP contribution is -2.30. The number of hydrogen-bond donors (Lipinski definition) is 2. The fraction of sp³-hybridized carbons (Fsp3) is 0.538. The smallest absolute Gasteiger partial charge is 0.221 e. The van der Waals surface area contributed by atoms with Gasteiger partial charge in [-0.3, -0.25) is 9.78 Å². The van der Waals surface area contributed by atoms with Crippen molar-refractivity contribution >= 4 is 5.91 Å². The summed E-state index contributed by atoms with van der Waals surface area (Å²) < 4.78 is 0. The Morgan fingerprint density at radius 3 is 3.00 bits per heavy atom. The lowest BCUT2D eigenvalue weighted by Gasteiger charge is -2.13. The number of pyridine rings is 1. The molecule has 2 N–H and O–H groups in total. The number of carbonyl (C=O) groups is 1. The maximum Gasteiger partial charge on any atom is 0.221 e. The van der Waals surface area contributed by atoms with E-state index in [0.29, 0.717) is 12.5 Å². The van der Waals surface area contributed by atoms with Crippen LogP contribution in [0.25, 0.3) is 0 Å². The zero-order valence-corrected chi connectivity index (χ0v) is 10.1. The van der Waals surface area contributed by atoms with Crippen molar-refractivity contribution in [2.24, 2.45) is 0 Å². The highest BCUT2D eigenvalue weighted by atomic mass is 16.1. The van der Waals surface area contributed by atoms with Crippen molar-refractivity contribution in [3.63, 3.8) is 0 Å². The monoisotopic (exact) mass is 233 g/mol. The Labute approximate surface area is 102 Å². The molecule has 1 atom stereocenters. The highest BCUT2D eigenvalue weighted by Gasteiger charge is 2.20. The van der Waals surface area contributed by atoms with Gasteiger partial charge in [0.1, 0.15) is 0 Å². The van der Waals surface area contributed by atoms with E-state index in [1.807, 2.05) is 25.1 Å². The third-order valence-corrected chi connectivity index (χ3v) is 2.87. The van der Waals surface area contributed by atoms with E-state index in [4.69, 9.17) is 0 Å². The van der Waals surface area contributed by atoms with Gasteiger partial charge in [0, 0.05) is 25.2 Å². The van der Waals surface area contributed by atoms with E-state index in [1.165, 1.54) is 12.8 Å². The molecule has 0 aliphatic heterocycles. The van der Waals surface area contributed by atoms with Crippen LogP contribution in [-0.2, 0) is 4.79 Å². The Kier molecular flexibility index (Phi) is 4.09. The Morgan fingerprint density at radius 1 is 1.53 bits per heavy atom. The van der Waals surface area contributed by atoms with E-state index in [0.717, 1.165) is 12.2 Å². The molecule has 2 rings (SSSR count). The van der Waals surface area contributed by atoms with Gasteiger partial charge in [-0.05, 0) is 31.9 Å². The molecule has 0 unspecified atom stereocenters. The van der Waals surface area contributed by atoms with E-state index >= 15 is 0 Å². The first-order valence-electron chi connectivity index (χ1n) is 6.19. The van der Waals surface area contributed by atoms with Crippen LogP contribution in [-0.4, -0.2) is 23.5 Å². The van der Waals surface area contributed by atoms with Crippen molar-refractivity contribution in [1.29, 1.82) is 0 Å². The second-order valence-electron chi connectivity index (χ2n) is 4.52. The van der Waals surface area contributed by atoms with Crippen LogP contribution in [0.2, 0.25) is 0 Å². The summed E-state index contributed by atoms with van der Waals surface area (Å²) in [4.78, 5) is 15.9. The molecule has 1 aromatic rings. The lowest BCUT2D eigenvalue weighted by molar-refractivity contribution is -0.121. The molecule has 1 heterocycles. The predicted molar refractivity (Wildman–Crippen MR) is 66.4 cm³/mol. The third-order valence-electron chi connectivity index (χ3n) is 2.87. The average Bonchev–Trinajstić information content (AvgIpc) is 3.14. The molecule has 0 aromatic carbocycles. The number of carbonyl (C=O) groups excluding carboxylic acids is 1. The molecule has 1 aliphatic rings. The summed E-state index contributed by atoms with van der Waals surface area (Å²) in [6.45, 7) is 2.72. The minimum absolute atomic E-state index is 0.0235. The molecule has 0 spiro atoms. The van der Waals surface area contributed by atoms with E-state index in [1.54, 1.807) is 6.20 Å². The Hall–Kier alpha value is -1.42. The van der Waals surface area contributed by atoms with E-state index in [2.05, 4.69) is 15.6 Å². The molecule has 1 saturated carbocycles. The van der Waals surface area contributed by atoms with Crippen LogP contribution < -0.4 is 10.6 Å². The first kappa shape index (κ1) is 12.0. The number of aromatic nitrogens is 1. The van der Waals surface area contributed by atoms with Gasteiger partial charge in [0.25, 0.3) is 0 Å². The maximum atomic E-state index is 11.6. The minimum Gasteiger partial charge on any atom is -0.348 e. The van der Waals surface area contributed by atoms with Crippen LogP contribution in [0.1, 0.15) is 37.9 Å². The van der Waals surface area contributed by atoms with Gasteiger partial charge in [0.2, 0.25) is 5.91 Å². The van der Waals surface area contributed by atoms with Crippen molar-refractivity contribution in [2.45, 2.75) is 38.3 Å². The van der Waals surface area contributed by atoms with Gasteiger partial charge in [-0.15, -0.1) is 0 Å². The second-order valence-corrected chi connectivity index (χ2v) is 4.52. The molecular formula is C13H19N3O. The highest BCUT2D eigenvalue weighted by Crippen LogP contribution is 2.18. The summed E-state index contributed by atoms with van der Waals surface area (Å²) in [6, 6.07) is 6.37. The highest BCUT2D eigenvalue weighted by molar-refractivity contribution is 5.76. The molecule has 1 aromatic heterocycles. The van der Waals surface area contributed by atoms with Gasteiger partial charge < -0.3 is 10.6 Å². The largest absolute Gasteiger partial charge is 0.348 e. The van der Waals surface area contributed by atoms with Crippen molar-refractivity contribution < 1.29 is 4.79 Å². The topological polar surface area (TPSA) is 54.0 Å². The number of hydrogen-bond acceptors (Lipinski definition) is 3. The number of nitrogens with zero attached hydrogens (tertiary/aromatic N) is 1. The minimum atomic E-state index is -0.0235. The summed E-state index contributed by atoms with van der Waals surface area (Å²) in [7, 11) is 0. The molecule has 92 valence electrons. The summed E-state index contributed by atoms with van der Waals surface area (Å²) in [5.74, 6) is 0.0799. The van der Waals surface area contributed by atoms with Gasteiger partial charge in [0.15, 0.2) is 0 Å². The van der Waals surface area contributed by atoms with Crippen molar-refractivity contribution in [2.75, 3.05) is 6.54 Å². The van der Waals surface area contributed by atoms with Crippen LogP contribution in [0, 0.1) is 0 Å². The van der Waals surface area contributed by atoms with E-state index in [9.17, 15) is 4.79 Å². The average molecular weight is 233 g/mol. The molecule has 1 amide bonds. The quantitative estimate of drug-likeness (QED) is 0.781. The van der Waals surface area contributed by atoms with Crippen LogP contribution in [0.4, 0.5) is 0 Å². The zero-order chi connectivity index (χ0) is 12.1. The molecule has 1 fully saturated rings. The van der Waals surface area contributed by atoms with Gasteiger partial charge >= 0.3 is 0 Å². The van der Waals surface area contributed by atoms with E-state index < -0.39 is 0 Å². The van der Waals surface area contributed by atoms with Crippen molar-refractivity contribution in [3.05, 3.63) is 30.1 Å². The standard InChI is InChI=1S/C13H19N3O/c1-10(12-4-2-3-8-15-12)16-13(17)7-9-14-11-5-6-11/h2-4,8,10-11,14H,5-7,9H2,1H3,(H,16,17)/t10-/m1/s1. The molecule has 4 heteroatoms. The molecular weight excluding hydrogens is 214 g/mol. The van der Waals surface area contributed by atoms with Crippen LogP contribution in [0.15, 0.2) is 24.4 Å². The number of nitrogens with one attached hydrogen (secondary N) is 2. The normalized spacial score (nSPS) is 16.5. The fourth-order valence-corrected chi connectivity index (χ4v) is 1.70. The Balaban J connectivity index is 1.69. The van der Waals surface area contributed by atoms with Gasteiger partial charge in [-0.1, -0.05) is 6.07 Å². The first-order chi connectivity index (χ1) is 8.25. The molecule has 17 heavy (non-hydrogen) atoms. The van der Waals surface area contributed by atoms with E-state index in [-0.39, 0.29) is 11.9 Å². The number of amides is 1. The third kappa shape index (κ3) is 4.15.